The van der Waals surface area contributed by atoms with Gasteiger partial charge in [0.2, 0.25) is 0 Å². The molecule has 0 fully saturated rings. The molecule has 4 rings (SSSR count). The Morgan fingerprint density at radius 2 is 1.87 bits per heavy atom. The Bertz CT molecular complexity index is 790. The van der Waals surface area contributed by atoms with Crippen molar-refractivity contribution >= 4 is 17.3 Å². The molecule has 0 unspecified atom stereocenters. The summed E-state index contributed by atoms with van der Waals surface area (Å²) in [6.45, 7) is 1.10. The molecule has 0 amide bonds. The van der Waals surface area contributed by atoms with Crippen molar-refractivity contribution in [3.63, 3.8) is 0 Å². The molecule has 2 heterocycles. The van der Waals surface area contributed by atoms with E-state index >= 15 is 0 Å². The SMILES string of the molecule is Oc1ccc(Cl)cc1C1=NO[C@H](c2ccc3c(c2)OCCO3)C1. The van der Waals surface area contributed by atoms with E-state index in [2.05, 4.69) is 5.16 Å². The van der Waals surface area contributed by atoms with Crippen LogP contribution in [0.4, 0.5) is 0 Å². The van der Waals surface area contributed by atoms with Crippen LogP contribution in [-0.4, -0.2) is 24.0 Å². The molecule has 0 radical (unpaired) electrons. The summed E-state index contributed by atoms with van der Waals surface area (Å²) in [7, 11) is 0. The van der Waals surface area contributed by atoms with Gasteiger partial charge in [-0.05, 0) is 35.9 Å². The fourth-order valence-electron chi connectivity index (χ4n) is 2.71. The first kappa shape index (κ1) is 14.2. The van der Waals surface area contributed by atoms with Crippen molar-refractivity contribution in [3.05, 3.63) is 52.5 Å². The molecule has 23 heavy (non-hydrogen) atoms. The monoisotopic (exact) mass is 331 g/mol. The minimum Gasteiger partial charge on any atom is -0.507 e. The molecule has 0 saturated heterocycles. The van der Waals surface area contributed by atoms with Crippen molar-refractivity contribution in [1.82, 2.24) is 0 Å². The number of halogens is 1. The lowest BCUT2D eigenvalue weighted by Gasteiger charge is -2.19. The Morgan fingerprint density at radius 1 is 1.04 bits per heavy atom. The summed E-state index contributed by atoms with van der Waals surface area (Å²) in [5.74, 6) is 1.60. The highest BCUT2D eigenvalue weighted by atomic mass is 35.5. The molecule has 1 N–H and O–H groups in total. The van der Waals surface area contributed by atoms with Gasteiger partial charge in [0.1, 0.15) is 19.0 Å². The second-order valence-electron chi connectivity index (χ2n) is 5.40. The van der Waals surface area contributed by atoms with Crippen molar-refractivity contribution in [2.24, 2.45) is 5.16 Å². The van der Waals surface area contributed by atoms with Crippen molar-refractivity contribution in [1.29, 1.82) is 0 Å². The summed E-state index contributed by atoms with van der Waals surface area (Å²) in [6, 6.07) is 10.6. The van der Waals surface area contributed by atoms with Crippen molar-refractivity contribution < 1.29 is 19.4 Å². The number of ether oxygens (including phenoxy) is 2. The topological polar surface area (TPSA) is 60.3 Å². The van der Waals surface area contributed by atoms with Crippen molar-refractivity contribution in [3.8, 4) is 17.2 Å². The van der Waals surface area contributed by atoms with Gasteiger partial charge in [-0.3, -0.25) is 0 Å². The normalized spacial score (nSPS) is 19.2. The Labute approximate surface area is 138 Å². The van der Waals surface area contributed by atoms with Gasteiger partial charge in [0, 0.05) is 17.0 Å². The van der Waals surface area contributed by atoms with Gasteiger partial charge in [-0.15, -0.1) is 0 Å². The number of fused-ring (bicyclic) bond motifs is 1. The van der Waals surface area contributed by atoms with E-state index < -0.39 is 0 Å². The zero-order valence-corrected chi connectivity index (χ0v) is 12.9. The second kappa shape index (κ2) is 5.66. The zero-order chi connectivity index (χ0) is 15.8. The van der Waals surface area contributed by atoms with Gasteiger partial charge < -0.3 is 19.4 Å². The molecule has 2 aliphatic heterocycles. The van der Waals surface area contributed by atoms with E-state index in [1.807, 2.05) is 18.2 Å². The third kappa shape index (κ3) is 2.68. The highest BCUT2D eigenvalue weighted by molar-refractivity contribution is 6.31. The first-order chi connectivity index (χ1) is 11.2. The van der Waals surface area contributed by atoms with E-state index in [9.17, 15) is 5.11 Å². The Balaban J connectivity index is 1.57. The number of aromatic hydroxyl groups is 1. The number of phenolic OH excluding ortho intramolecular Hbond substituents is 1. The average molecular weight is 332 g/mol. The van der Waals surface area contributed by atoms with E-state index in [0.717, 1.165) is 17.1 Å². The molecular weight excluding hydrogens is 318 g/mol. The first-order valence-corrected chi connectivity index (χ1v) is 7.69. The van der Waals surface area contributed by atoms with Crippen LogP contribution in [0.15, 0.2) is 41.6 Å². The van der Waals surface area contributed by atoms with Crippen LogP contribution in [0.1, 0.15) is 23.7 Å². The molecule has 6 heteroatoms. The van der Waals surface area contributed by atoms with Gasteiger partial charge in [-0.2, -0.15) is 0 Å². The highest BCUT2D eigenvalue weighted by Gasteiger charge is 2.27. The molecule has 1 atom stereocenters. The van der Waals surface area contributed by atoms with Gasteiger partial charge >= 0.3 is 0 Å². The number of hydrogen-bond donors (Lipinski definition) is 1. The minimum atomic E-state index is -0.223. The maximum atomic E-state index is 9.98. The fourth-order valence-corrected chi connectivity index (χ4v) is 2.89. The highest BCUT2D eigenvalue weighted by Crippen LogP contribution is 2.37. The number of benzene rings is 2. The molecule has 2 aromatic rings. The molecular formula is C17H14ClNO4. The van der Waals surface area contributed by atoms with Crippen LogP contribution in [-0.2, 0) is 4.84 Å². The molecule has 2 aliphatic rings. The Kier molecular flexibility index (Phi) is 3.50. The molecule has 5 nitrogen and oxygen atoms in total. The average Bonchev–Trinajstić information content (AvgIpc) is 3.06. The molecule has 0 spiro atoms. The lowest BCUT2D eigenvalue weighted by molar-refractivity contribution is 0.0850. The number of phenols is 1. The third-order valence-electron chi connectivity index (χ3n) is 3.88. The fraction of sp³-hybridized carbons (Fsp3) is 0.235. The maximum Gasteiger partial charge on any atom is 0.161 e. The summed E-state index contributed by atoms with van der Waals surface area (Å²) in [5.41, 5.74) is 2.22. The van der Waals surface area contributed by atoms with Crippen LogP contribution >= 0.6 is 11.6 Å². The van der Waals surface area contributed by atoms with Crippen LogP contribution in [0.2, 0.25) is 5.02 Å². The summed E-state index contributed by atoms with van der Waals surface area (Å²) in [5, 5.41) is 14.6. The van der Waals surface area contributed by atoms with E-state index in [1.54, 1.807) is 18.2 Å². The van der Waals surface area contributed by atoms with Crippen LogP contribution in [0.25, 0.3) is 0 Å². The summed E-state index contributed by atoms with van der Waals surface area (Å²) in [6.07, 6.45) is 0.326. The zero-order valence-electron chi connectivity index (χ0n) is 12.2. The van der Waals surface area contributed by atoms with Crippen LogP contribution in [0, 0.1) is 0 Å². The lowest BCUT2D eigenvalue weighted by Crippen LogP contribution is -2.15. The van der Waals surface area contributed by atoms with Crippen molar-refractivity contribution in [2.75, 3.05) is 13.2 Å². The van der Waals surface area contributed by atoms with Crippen LogP contribution < -0.4 is 9.47 Å². The van der Waals surface area contributed by atoms with Gasteiger partial charge in [-0.1, -0.05) is 22.8 Å². The number of nitrogens with zero attached hydrogens (tertiary/aromatic N) is 1. The number of oxime groups is 1. The van der Waals surface area contributed by atoms with Gasteiger partial charge in [0.15, 0.2) is 17.6 Å². The predicted molar refractivity (Wildman–Crippen MR) is 85.5 cm³/mol. The van der Waals surface area contributed by atoms with Crippen LogP contribution in [0.3, 0.4) is 0 Å². The molecule has 118 valence electrons. The van der Waals surface area contributed by atoms with E-state index in [-0.39, 0.29) is 11.9 Å². The molecule has 0 aromatic heterocycles. The Hall–Kier alpha value is -2.40. The quantitative estimate of drug-likeness (QED) is 0.912. The van der Waals surface area contributed by atoms with E-state index in [4.69, 9.17) is 25.9 Å². The molecule has 0 aliphatic carbocycles. The smallest absolute Gasteiger partial charge is 0.161 e. The second-order valence-corrected chi connectivity index (χ2v) is 5.84. The molecule has 2 aromatic carbocycles. The van der Waals surface area contributed by atoms with E-state index in [1.165, 1.54) is 0 Å². The first-order valence-electron chi connectivity index (χ1n) is 7.32. The Morgan fingerprint density at radius 3 is 2.74 bits per heavy atom. The summed E-state index contributed by atoms with van der Waals surface area (Å²) in [4.78, 5) is 5.53. The number of rotatable bonds is 2. The molecule has 0 saturated carbocycles. The summed E-state index contributed by atoms with van der Waals surface area (Å²) >= 11 is 5.99. The predicted octanol–water partition coefficient (Wildman–Crippen LogP) is 3.68. The largest absolute Gasteiger partial charge is 0.507 e. The molecule has 0 bridgehead atoms. The van der Waals surface area contributed by atoms with Gasteiger partial charge in [-0.25, -0.2) is 0 Å². The maximum absolute atomic E-state index is 9.98. The van der Waals surface area contributed by atoms with Crippen LogP contribution in [0.5, 0.6) is 17.2 Å². The minimum absolute atomic E-state index is 0.138. The van der Waals surface area contributed by atoms with Crippen molar-refractivity contribution in [2.45, 2.75) is 12.5 Å². The summed E-state index contributed by atoms with van der Waals surface area (Å²) < 4.78 is 11.1. The third-order valence-corrected chi connectivity index (χ3v) is 4.11. The number of hydrogen-bond acceptors (Lipinski definition) is 5. The van der Waals surface area contributed by atoms with E-state index in [0.29, 0.717) is 35.9 Å². The van der Waals surface area contributed by atoms with Gasteiger partial charge in [0.05, 0.1) is 5.71 Å². The standard InChI is InChI=1S/C17H14ClNO4/c18-11-2-3-14(20)12(8-11)13-9-16(23-19-13)10-1-4-15-17(7-10)22-6-5-21-15/h1-4,7-8,16,20H,5-6,9H2/t16-/m0/s1. The van der Waals surface area contributed by atoms with Gasteiger partial charge in [0.25, 0.3) is 0 Å². The lowest BCUT2D eigenvalue weighted by atomic mass is 9.99.